The normalized spacial score (nSPS) is 14.4. The van der Waals surface area contributed by atoms with Gasteiger partial charge >= 0.3 is 0 Å². The van der Waals surface area contributed by atoms with Gasteiger partial charge in [0.25, 0.3) is 5.91 Å². The number of nitrogens with zero attached hydrogens (tertiary/aromatic N) is 1. The fraction of sp³-hybridized carbons (Fsp3) is 0.350. The molecule has 0 N–H and O–H groups in total. The van der Waals surface area contributed by atoms with Crippen LogP contribution in [-0.4, -0.2) is 23.9 Å². The first-order valence-electron chi connectivity index (χ1n) is 8.10. The summed E-state index contributed by atoms with van der Waals surface area (Å²) in [6.45, 7) is 6.00. The molecule has 114 valence electrons. The molecule has 1 amide bonds. The lowest BCUT2D eigenvalue weighted by Crippen LogP contribution is -2.28. The summed E-state index contributed by atoms with van der Waals surface area (Å²) in [6.07, 6.45) is 5.28. The number of hydrogen-bond donors (Lipinski definition) is 0. The van der Waals surface area contributed by atoms with E-state index in [1.807, 2.05) is 11.0 Å². The summed E-state index contributed by atoms with van der Waals surface area (Å²) in [4.78, 5) is 14.9. The molecule has 0 unspecified atom stereocenters. The zero-order valence-electron chi connectivity index (χ0n) is 13.4. The van der Waals surface area contributed by atoms with Crippen LogP contribution in [-0.2, 0) is 6.42 Å². The Morgan fingerprint density at radius 3 is 2.55 bits per heavy atom. The van der Waals surface area contributed by atoms with Gasteiger partial charge in [0, 0.05) is 18.7 Å². The molecule has 3 rings (SSSR count). The number of carbonyl (C=O) groups excluding carboxylic acids is 1. The monoisotopic (exact) mass is 293 g/mol. The van der Waals surface area contributed by atoms with Crippen LogP contribution in [0, 0.1) is 0 Å². The van der Waals surface area contributed by atoms with Crippen LogP contribution in [0.5, 0.6) is 0 Å². The largest absolute Gasteiger partial charge is 0.339 e. The van der Waals surface area contributed by atoms with Gasteiger partial charge in [-0.2, -0.15) is 0 Å². The van der Waals surface area contributed by atoms with Crippen LogP contribution in [0.3, 0.4) is 0 Å². The number of likely N-dealkylation sites (tertiary alicyclic amines) is 1. The SMILES string of the molecule is CC(C)=CCc1c(C(=O)N2CCCC2)ccc2ccccc12. The number of carbonyl (C=O) groups is 1. The quantitative estimate of drug-likeness (QED) is 0.758. The Hall–Kier alpha value is -2.09. The summed E-state index contributed by atoms with van der Waals surface area (Å²) in [5.41, 5.74) is 3.32. The highest BCUT2D eigenvalue weighted by Crippen LogP contribution is 2.26. The van der Waals surface area contributed by atoms with E-state index >= 15 is 0 Å². The Morgan fingerprint density at radius 2 is 1.82 bits per heavy atom. The molecule has 2 nitrogen and oxygen atoms in total. The molecular weight excluding hydrogens is 270 g/mol. The predicted octanol–water partition coefficient (Wildman–Crippen LogP) is 4.58. The number of hydrogen-bond acceptors (Lipinski definition) is 1. The first-order chi connectivity index (χ1) is 10.7. The van der Waals surface area contributed by atoms with Crippen LogP contribution in [0.15, 0.2) is 48.0 Å². The highest BCUT2D eigenvalue weighted by Gasteiger charge is 2.22. The minimum atomic E-state index is 0.195. The third kappa shape index (κ3) is 2.92. The Labute approximate surface area is 132 Å². The van der Waals surface area contributed by atoms with Gasteiger partial charge < -0.3 is 4.90 Å². The second-order valence-electron chi connectivity index (χ2n) is 6.30. The van der Waals surface area contributed by atoms with Crippen molar-refractivity contribution < 1.29 is 4.79 Å². The predicted molar refractivity (Wildman–Crippen MR) is 92.2 cm³/mol. The van der Waals surface area contributed by atoms with E-state index < -0.39 is 0 Å². The minimum Gasteiger partial charge on any atom is -0.339 e. The molecule has 1 fully saturated rings. The number of allylic oxidation sites excluding steroid dienone is 2. The van der Waals surface area contributed by atoms with Gasteiger partial charge in [0.1, 0.15) is 0 Å². The molecule has 2 heteroatoms. The molecule has 0 bridgehead atoms. The van der Waals surface area contributed by atoms with E-state index in [9.17, 15) is 4.79 Å². The van der Waals surface area contributed by atoms with E-state index in [0.717, 1.165) is 43.5 Å². The van der Waals surface area contributed by atoms with Crippen LogP contribution >= 0.6 is 0 Å². The minimum absolute atomic E-state index is 0.195. The summed E-state index contributed by atoms with van der Waals surface area (Å²) < 4.78 is 0. The Balaban J connectivity index is 2.09. The van der Waals surface area contributed by atoms with Crippen LogP contribution in [0.25, 0.3) is 10.8 Å². The standard InChI is InChI=1S/C20H23NO/c1-15(2)9-11-18-17-8-4-3-7-16(17)10-12-19(18)20(22)21-13-5-6-14-21/h3-4,7-10,12H,5-6,11,13-14H2,1-2H3. The highest BCUT2D eigenvalue weighted by atomic mass is 16.2. The van der Waals surface area contributed by atoms with Crippen LogP contribution < -0.4 is 0 Å². The topological polar surface area (TPSA) is 20.3 Å². The molecule has 0 spiro atoms. The van der Waals surface area contributed by atoms with Crippen molar-refractivity contribution in [1.29, 1.82) is 0 Å². The lowest BCUT2D eigenvalue weighted by Gasteiger charge is -2.18. The van der Waals surface area contributed by atoms with Gasteiger partial charge in [-0.25, -0.2) is 0 Å². The smallest absolute Gasteiger partial charge is 0.254 e. The highest BCUT2D eigenvalue weighted by molar-refractivity contribution is 6.01. The lowest BCUT2D eigenvalue weighted by atomic mass is 9.95. The third-order valence-electron chi connectivity index (χ3n) is 4.38. The van der Waals surface area contributed by atoms with Gasteiger partial charge in [-0.05, 0) is 55.5 Å². The van der Waals surface area contributed by atoms with E-state index in [4.69, 9.17) is 0 Å². The van der Waals surface area contributed by atoms with Crippen molar-refractivity contribution in [2.45, 2.75) is 33.1 Å². The first-order valence-corrected chi connectivity index (χ1v) is 8.10. The molecule has 0 radical (unpaired) electrons. The summed E-state index contributed by atoms with van der Waals surface area (Å²) >= 11 is 0. The Morgan fingerprint density at radius 1 is 1.09 bits per heavy atom. The number of amides is 1. The summed E-state index contributed by atoms with van der Waals surface area (Å²) in [6, 6.07) is 12.4. The van der Waals surface area contributed by atoms with Gasteiger partial charge in [-0.1, -0.05) is 42.0 Å². The van der Waals surface area contributed by atoms with E-state index in [2.05, 4.69) is 50.3 Å². The van der Waals surface area contributed by atoms with Crippen LogP contribution in [0.1, 0.15) is 42.6 Å². The molecule has 1 aliphatic heterocycles. The van der Waals surface area contributed by atoms with Crippen molar-refractivity contribution >= 4 is 16.7 Å². The maximum atomic E-state index is 12.9. The first kappa shape index (κ1) is 14.8. The van der Waals surface area contributed by atoms with Gasteiger partial charge in [-0.3, -0.25) is 4.79 Å². The average molecular weight is 293 g/mol. The van der Waals surface area contributed by atoms with E-state index in [-0.39, 0.29) is 5.91 Å². The summed E-state index contributed by atoms with van der Waals surface area (Å²) in [5.74, 6) is 0.195. The number of benzene rings is 2. The van der Waals surface area contributed by atoms with Gasteiger partial charge in [0.2, 0.25) is 0 Å². The lowest BCUT2D eigenvalue weighted by molar-refractivity contribution is 0.0792. The molecule has 0 saturated carbocycles. The summed E-state index contributed by atoms with van der Waals surface area (Å²) in [5, 5.41) is 2.41. The second-order valence-corrected chi connectivity index (χ2v) is 6.30. The van der Waals surface area contributed by atoms with Gasteiger partial charge in [-0.15, -0.1) is 0 Å². The zero-order chi connectivity index (χ0) is 15.5. The fourth-order valence-corrected chi connectivity index (χ4v) is 3.15. The second kappa shape index (κ2) is 6.35. The molecule has 0 aliphatic carbocycles. The van der Waals surface area contributed by atoms with Crippen molar-refractivity contribution in [1.82, 2.24) is 4.90 Å². The molecule has 1 heterocycles. The van der Waals surface area contributed by atoms with E-state index in [0.29, 0.717) is 0 Å². The maximum Gasteiger partial charge on any atom is 0.254 e. The zero-order valence-corrected chi connectivity index (χ0v) is 13.4. The Bertz CT molecular complexity index is 720. The molecule has 1 saturated heterocycles. The van der Waals surface area contributed by atoms with Gasteiger partial charge in [0.15, 0.2) is 0 Å². The molecule has 1 aliphatic rings. The van der Waals surface area contributed by atoms with E-state index in [1.54, 1.807) is 0 Å². The van der Waals surface area contributed by atoms with Gasteiger partial charge in [0.05, 0.1) is 0 Å². The van der Waals surface area contributed by atoms with Crippen molar-refractivity contribution in [2.75, 3.05) is 13.1 Å². The van der Waals surface area contributed by atoms with Crippen molar-refractivity contribution in [3.63, 3.8) is 0 Å². The number of fused-ring (bicyclic) bond motifs is 1. The molecule has 2 aromatic carbocycles. The number of rotatable bonds is 3. The maximum absolute atomic E-state index is 12.9. The average Bonchev–Trinajstić information content (AvgIpc) is 3.06. The van der Waals surface area contributed by atoms with Crippen LogP contribution in [0.4, 0.5) is 0 Å². The third-order valence-corrected chi connectivity index (χ3v) is 4.38. The fourth-order valence-electron chi connectivity index (χ4n) is 3.15. The molecule has 0 atom stereocenters. The van der Waals surface area contributed by atoms with E-state index in [1.165, 1.54) is 16.3 Å². The Kier molecular flexibility index (Phi) is 4.28. The summed E-state index contributed by atoms with van der Waals surface area (Å²) in [7, 11) is 0. The molecule has 22 heavy (non-hydrogen) atoms. The molecular formula is C20H23NO. The van der Waals surface area contributed by atoms with Crippen molar-refractivity contribution in [3.05, 3.63) is 59.2 Å². The van der Waals surface area contributed by atoms with Crippen molar-refractivity contribution in [2.24, 2.45) is 0 Å². The van der Waals surface area contributed by atoms with Crippen LogP contribution in [0.2, 0.25) is 0 Å². The van der Waals surface area contributed by atoms with Crippen molar-refractivity contribution in [3.8, 4) is 0 Å². The molecule has 2 aromatic rings. The molecule has 0 aromatic heterocycles.